The highest BCUT2D eigenvalue weighted by molar-refractivity contribution is 5.67. The molecule has 0 unspecified atom stereocenters. The largest absolute Gasteiger partial charge is 0.470 e. The minimum absolute atomic E-state index is 0.314. The molecule has 2 heterocycles. The van der Waals surface area contributed by atoms with Crippen LogP contribution in [0.25, 0.3) is 11.1 Å². The number of ether oxygens (including phenoxy) is 1. The summed E-state index contributed by atoms with van der Waals surface area (Å²) >= 11 is 0. The summed E-state index contributed by atoms with van der Waals surface area (Å²) in [6.07, 6.45) is 2.63. The summed E-state index contributed by atoms with van der Waals surface area (Å²) < 4.78 is 7.82. The summed E-state index contributed by atoms with van der Waals surface area (Å²) in [5.41, 5.74) is 5.64. The third kappa shape index (κ3) is 6.94. The van der Waals surface area contributed by atoms with E-state index in [1.165, 1.54) is 5.56 Å². The zero-order valence-corrected chi connectivity index (χ0v) is 20.1. The fourth-order valence-electron chi connectivity index (χ4n) is 3.61. The molecule has 0 bridgehead atoms. The Morgan fingerprint density at radius 2 is 1.69 bits per heavy atom. The lowest BCUT2D eigenvalue weighted by Crippen LogP contribution is -2.21. The van der Waals surface area contributed by atoms with Crippen LogP contribution in [-0.4, -0.2) is 27.5 Å². The first-order chi connectivity index (χ1) is 17.2. The molecule has 2 aromatic carbocycles. The summed E-state index contributed by atoms with van der Waals surface area (Å²) in [4.78, 5) is 4.76. The van der Waals surface area contributed by atoms with Gasteiger partial charge in [0, 0.05) is 25.4 Å². The Hall–Kier alpha value is -4.10. The molecule has 0 fully saturated rings. The molecule has 0 aliphatic carbocycles. The van der Waals surface area contributed by atoms with E-state index in [-0.39, 0.29) is 0 Å². The van der Waals surface area contributed by atoms with Crippen LogP contribution in [0.3, 0.4) is 0 Å². The van der Waals surface area contributed by atoms with Crippen molar-refractivity contribution in [3.8, 4) is 17.0 Å². The summed E-state index contributed by atoms with van der Waals surface area (Å²) in [7, 11) is 1.83. The van der Waals surface area contributed by atoms with Crippen LogP contribution in [0.2, 0.25) is 0 Å². The van der Waals surface area contributed by atoms with E-state index in [0.717, 1.165) is 35.5 Å². The molecule has 178 valence electrons. The number of hydrogen-bond acceptors (Lipinski definition) is 6. The highest BCUT2D eigenvalue weighted by Gasteiger charge is 2.11. The molecular weight excluding hydrogens is 436 g/mol. The van der Waals surface area contributed by atoms with Crippen LogP contribution in [0.4, 0.5) is 0 Å². The topological polar surface area (TPSA) is 76.7 Å². The van der Waals surface area contributed by atoms with Gasteiger partial charge in [-0.2, -0.15) is 5.10 Å². The molecule has 35 heavy (non-hydrogen) atoms. The molecule has 7 heteroatoms. The number of nitrogens with zero attached hydrogens (tertiary/aromatic N) is 5. The molecule has 4 aromatic rings. The fourth-order valence-corrected chi connectivity index (χ4v) is 3.61. The third-order valence-corrected chi connectivity index (χ3v) is 5.40. The van der Waals surface area contributed by atoms with E-state index in [9.17, 15) is 0 Å². The molecule has 0 saturated heterocycles. The minimum atomic E-state index is 0.314. The van der Waals surface area contributed by atoms with Gasteiger partial charge in [-0.05, 0) is 49.2 Å². The van der Waals surface area contributed by atoms with Crippen molar-refractivity contribution in [1.29, 1.82) is 0 Å². The zero-order chi connectivity index (χ0) is 24.3. The van der Waals surface area contributed by atoms with E-state index in [1.807, 2.05) is 74.6 Å². The van der Waals surface area contributed by atoms with Gasteiger partial charge in [-0.3, -0.25) is 4.98 Å². The van der Waals surface area contributed by atoms with Gasteiger partial charge in [-0.25, -0.2) is 4.68 Å². The van der Waals surface area contributed by atoms with Crippen LogP contribution in [0.15, 0.2) is 95.1 Å². The zero-order valence-electron chi connectivity index (χ0n) is 20.1. The van der Waals surface area contributed by atoms with E-state index >= 15 is 0 Å². The van der Waals surface area contributed by atoms with Gasteiger partial charge in [-0.15, -0.1) is 10.2 Å². The summed E-state index contributed by atoms with van der Waals surface area (Å²) in [6.45, 7) is 3.74. The van der Waals surface area contributed by atoms with Crippen LogP contribution in [0.1, 0.15) is 23.9 Å². The van der Waals surface area contributed by atoms with E-state index in [2.05, 4.69) is 44.9 Å². The molecule has 0 saturated carbocycles. The average molecular weight is 467 g/mol. The quantitative estimate of drug-likeness (QED) is 0.215. The number of hydrogen-bond donors (Lipinski definition) is 1. The predicted molar refractivity (Wildman–Crippen MR) is 139 cm³/mol. The number of benzene rings is 2. The van der Waals surface area contributed by atoms with Crippen molar-refractivity contribution in [3.63, 3.8) is 0 Å². The molecule has 0 radical (unpaired) electrons. The smallest absolute Gasteiger partial charge is 0.239 e. The summed E-state index contributed by atoms with van der Waals surface area (Å²) in [5, 5.41) is 16.3. The maximum Gasteiger partial charge on any atom is 0.239 e. The van der Waals surface area contributed by atoms with Gasteiger partial charge in [0.05, 0.1) is 11.4 Å². The lowest BCUT2D eigenvalue weighted by molar-refractivity contribution is 0.281. The van der Waals surface area contributed by atoms with E-state index in [4.69, 9.17) is 9.72 Å². The average Bonchev–Trinajstić information content (AvgIpc) is 2.91. The van der Waals surface area contributed by atoms with Crippen molar-refractivity contribution < 1.29 is 4.74 Å². The monoisotopic (exact) mass is 466 g/mol. The number of rotatable bonds is 10. The van der Waals surface area contributed by atoms with Crippen molar-refractivity contribution in [3.05, 3.63) is 107 Å². The first-order valence-corrected chi connectivity index (χ1v) is 11.7. The normalized spacial score (nSPS) is 11.8. The van der Waals surface area contributed by atoms with Crippen LogP contribution < -0.4 is 15.5 Å². The van der Waals surface area contributed by atoms with Gasteiger partial charge >= 0.3 is 0 Å². The Kier molecular flexibility index (Phi) is 8.51. The third-order valence-electron chi connectivity index (χ3n) is 5.40. The summed E-state index contributed by atoms with van der Waals surface area (Å²) in [5.74, 6) is 0.520. The van der Waals surface area contributed by atoms with Crippen molar-refractivity contribution in [1.82, 2.24) is 20.1 Å². The molecular formula is C28H30N6O. The molecule has 0 spiro atoms. The number of aryl methyl sites for hydroxylation is 1. The molecule has 0 aliphatic heterocycles. The van der Waals surface area contributed by atoms with Crippen molar-refractivity contribution in [2.24, 2.45) is 17.3 Å². The first kappa shape index (κ1) is 24.0. The molecule has 1 N–H and O–H groups in total. The predicted octanol–water partition coefficient (Wildman–Crippen LogP) is 4.30. The van der Waals surface area contributed by atoms with Gasteiger partial charge in [0.15, 0.2) is 5.49 Å². The molecule has 0 atom stereocenters. The second-order valence-electron chi connectivity index (χ2n) is 8.01. The highest BCUT2D eigenvalue weighted by Crippen LogP contribution is 2.26. The second kappa shape index (κ2) is 12.4. The molecule has 0 aliphatic rings. The van der Waals surface area contributed by atoms with Gasteiger partial charge in [0.1, 0.15) is 6.61 Å². The Morgan fingerprint density at radius 1 is 0.943 bits per heavy atom. The molecule has 0 amide bonds. The minimum Gasteiger partial charge on any atom is -0.470 e. The van der Waals surface area contributed by atoms with Crippen LogP contribution in [0.5, 0.6) is 5.88 Å². The Balaban J connectivity index is 1.44. The Labute approximate surface area is 205 Å². The SMILES string of the molecule is C/C=N/N=c1/cc(-c2ccccc2)c(OCc2cccc(CNCCc3ccccc3)n2)nn1C. The van der Waals surface area contributed by atoms with E-state index < -0.39 is 0 Å². The highest BCUT2D eigenvalue weighted by atomic mass is 16.5. The lowest BCUT2D eigenvalue weighted by Gasteiger charge is -2.13. The van der Waals surface area contributed by atoms with Gasteiger partial charge in [-0.1, -0.05) is 66.7 Å². The van der Waals surface area contributed by atoms with Crippen molar-refractivity contribution in [2.45, 2.75) is 26.5 Å². The first-order valence-electron chi connectivity index (χ1n) is 11.7. The van der Waals surface area contributed by atoms with Crippen LogP contribution in [-0.2, 0) is 26.6 Å². The van der Waals surface area contributed by atoms with Crippen molar-refractivity contribution >= 4 is 6.21 Å². The fraction of sp³-hybridized carbons (Fsp3) is 0.214. The number of pyridine rings is 1. The maximum absolute atomic E-state index is 6.16. The molecule has 7 nitrogen and oxygen atoms in total. The molecule has 4 rings (SSSR count). The number of nitrogens with one attached hydrogen (secondary N) is 1. The Morgan fingerprint density at radius 3 is 2.46 bits per heavy atom. The number of aromatic nitrogens is 3. The maximum atomic E-state index is 6.16. The van der Waals surface area contributed by atoms with Crippen LogP contribution >= 0.6 is 0 Å². The van der Waals surface area contributed by atoms with Gasteiger partial charge in [0.2, 0.25) is 5.88 Å². The van der Waals surface area contributed by atoms with Crippen molar-refractivity contribution in [2.75, 3.05) is 6.54 Å². The Bertz CT molecular complexity index is 1320. The van der Waals surface area contributed by atoms with Gasteiger partial charge in [0.25, 0.3) is 0 Å². The van der Waals surface area contributed by atoms with Crippen LogP contribution in [0, 0.1) is 0 Å². The van der Waals surface area contributed by atoms with Gasteiger partial charge < -0.3 is 10.1 Å². The molecule has 2 aromatic heterocycles. The van der Waals surface area contributed by atoms with E-state index in [0.29, 0.717) is 24.5 Å². The second-order valence-corrected chi connectivity index (χ2v) is 8.01. The lowest BCUT2D eigenvalue weighted by atomic mass is 10.1. The van der Waals surface area contributed by atoms with E-state index in [1.54, 1.807) is 10.9 Å². The summed E-state index contributed by atoms with van der Waals surface area (Å²) in [6, 6.07) is 28.4. The standard InChI is InChI=1S/C28H30N6O/c1-3-30-32-27-19-26(23-13-8-5-9-14-23)28(33-34(27)2)35-21-25-16-10-15-24(31-25)20-29-18-17-22-11-6-4-7-12-22/h3-16,19,29H,17-18,20-21H2,1-2H3/b30-3+,32-27-.